The lowest BCUT2D eigenvalue weighted by molar-refractivity contribution is -0.0182. The Balaban J connectivity index is 1.73. The summed E-state index contributed by atoms with van der Waals surface area (Å²) in [4.78, 5) is 7.12. The maximum absolute atomic E-state index is 11.4. The third kappa shape index (κ3) is 1.68. The minimum Gasteiger partial charge on any atom is -0.388 e. The van der Waals surface area contributed by atoms with E-state index in [1.165, 1.54) is 30.6 Å². The number of pyridine rings is 1. The van der Waals surface area contributed by atoms with Gasteiger partial charge in [0.15, 0.2) is 0 Å². The van der Waals surface area contributed by atoms with Crippen molar-refractivity contribution in [3.63, 3.8) is 0 Å². The smallest absolute Gasteiger partial charge is 0.0897 e. The summed E-state index contributed by atoms with van der Waals surface area (Å²) in [6.07, 6.45) is 8.65. The highest BCUT2D eigenvalue weighted by molar-refractivity contribution is 5.30. The van der Waals surface area contributed by atoms with Crippen LogP contribution in [0, 0.1) is 0 Å². The zero-order chi connectivity index (χ0) is 12.9. The van der Waals surface area contributed by atoms with Crippen LogP contribution in [-0.2, 0) is 6.42 Å². The second kappa shape index (κ2) is 4.29. The van der Waals surface area contributed by atoms with Gasteiger partial charge in [-0.15, -0.1) is 0 Å². The average Bonchev–Trinajstić information content (AvgIpc) is 3.03. The highest BCUT2D eigenvalue weighted by Crippen LogP contribution is 2.48. The molecule has 0 bridgehead atoms. The zero-order valence-corrected chi connectivity index (χ0v) is 11.4. The van der Waals surface area contributed by atoms with E-state index >= 15 is 0 Å². The van der Waals surface area contributed by atoms with Gasteiger partial charge < -0.3 is 5.11 Å². The number of hydrogen-bond donors (Lipinski definition) is 1. The highest BCUT2D eigenvalue weighted by Gasteiger charge is 2.53. The van der Waals surface area contributed by atoms with E-state index in [2.05, 4.69) is 16.0 Å². The van der Waals surface area contributed by atoms with Crippen molar-refractivity contribution in [3.8, 4) is 0 Å². The van der Waals surface area contributed by atoms with Crippen molar-refractivity contribution >= 4 is 0 Å². The molecule has 0 aromatic carbocycles. The molecule has 102 valence electrons. The van der Waals surface area contributed by atoms with E-state index < -0.39 is 5.60 Å². The molecule has 1 aromatic rings. The maximum atomic E-state index is 11.4. The van der Waals surface area contributed by atoms with Gasteiger partial charge in [-0.3, -0.25) is 9.88 Å². The Morgan fingerprint density at radius 1 is 1.26 bits per heavy atom. The Morgan fingerprint density at radius 3 is 3.16 bits per heavy atom. The molecule has 3 heterocycles. The van der Waals surface area contributed by atoms with Crippen LogP contribution < -0.4 is 0 Å². The second-order valence-electron chi connectivity index (χ2n) is 6.43. The minimum atomic E-state index is -0.528. The number of aromatic nitrogens is 1. The van der Waals surface area contributed by atoms with Crippen molar-refractivity contribution in [2.75, 3.05) is 13.1 Å². The van der Waals surface area contributed by atoms with Gasteiger partial charge in [-0.05, 0) is 56.7 Å². The number of hydrogen-bond acceptors (Lipinski definition) is 3. The summed E-state index contributed by atoms with van der Waals surface area (Å²) in [5.74, 6) is 0.255. The van der Waals surface area contributed by atoms with Crippen molar-refractivity contribution in [2.24, 2.45) is 0 Å². The van der Waals surface area contributed by atoms with E-state index in [0.717, 1.165) is 32.2 Å². The van der Waals surface area contributed by atoms with Crippen molar-refractivity contribution < 1.29 is 5.11 Å². The number of aryl methyl sites for hydroxylation is 1. The van der Waals surface area contributed by atoms with Crippen molar-refractivity contribution in [2.45, 2.75) is 56.1 Å². The van der Waals surface area contributed by atoms with Gasteiger partial charge >= 0.3 is 0 Å². The fourth-order valence-electron chi connectivity index (χ4n) is 4.65. The van der Waals surface area contributed by atoms with Crippen LogP contribution in [0.4, 0.5) is 0 Å². The number of fused-ring (bicyclic) bond motifs is 2. The molecule has 0 saturated carbocycles. The lowest BCUT2D eigenvalue weighted by Gasteiger charge is -2.40. The summed E-state index contributed by atoms with van der Waals surface area (Å²) in [6, 6.07) is 4.60. The molecule has 1 N–H and O–H groups in total. The average molecular weight is 258 g/mol. The van der Waals surface area contributed by atoms with Gasteiger partial charge in [-0.1, -0.05) is 6.07 Å². The van der Waals surface area contributed by atoms with Crippen LogP contribution in [0.25, 0.3) is 0 Å². The molecule has 3 nitrogen and oxygen atoms in total. The molecule has 0 radical (unpaired) electrons. The van der Waals surface area contributed by atoms with Crippen LogP contribution in [0.3, 0.4) is 0 Å². The first kappa shape index (κ1) is 11.9. The van der Waals surface area contributed by atoms with E-state index in [1.807, 2.05) is 12.3 Å². The van der Waals surface area contributed by atoms with Crippen molar-refractivity contribution in [3.05, 3.63) is 29.6 Å². The Labute approximate surface area is 114 Å². The predicted molar refractivity (Wildman–Crippen MR) is 74.1 cm³/mol. The van der Waals surface area contributed by atoms with Crippen LogP contribution in [0.1, 0.15) is 49.3 Å². The first-order valence-electron chi connectivity index (χ1n) is 7.69. The Morgan fingerprint density at radius 2 is 2.21 bits per heavy atom. The van der Waals surface area contributed by atoms with E-state index in [-0.39, 0.29) is 5.92 Å². The normalized spacial score (nSPS) is 38.2. The van der Waals surface area contributed by atoms with Gasteiger partial charge in [0, 0.05) is 30.4 Å². The number of rotatable bonds is 1. The topological polar surface area (TPSA) is 36.4 Å². The maximum Gasteiger partial charge on any atom is 0.0897 e. The molecular formula is C16H22N2O. The van der Waals surface area contributed by atoms with Gasteiger partial charge in [0.05, 0.1) is 5.60 Å². The first-order valence-corrected chi connectivity index (χ1v) is 7.69. The van der Waals surface area contributed by atoms with E-state index in [1.54, 1.807) is 0 Å². The summed E-state index contributed by atoms with van der Waals surface area (Å²) in [6.45, 7) is 2.24. The Hall–Kier alpha value is -0.930. The summed E-state index contributed by atoms with van der Waals surface area (Å²) in [5.41, 5.74) is 2.02. The fourth-order valence-corrected chi connectivity index (χ4v) is 4.65. The molecule has 1 aromatic heterocycles. The molecule has 0 amide bonds. The number of nitrogens with zero attached hydrogens (tertiary/aromatic N) is 2. The SMILES string of the molecule is OC1(C2CCCc3cccnc32)CCN2CCCC21. The van der Waals surface area contributed by atoms with Crippen LogP contribution >= 0.6 is 0 Å². The largest absolute Gasteiger partial charge is 0.388 e. The van der Waals surface area contributed by atoms with Gasteiger partial charge in [0.25, 0.3) is 0 Å². The molecule has 3 heteroatoms. The monoisotopic (exact) mass is 258 g/mol. The molecule has 3 aliphatic rings. The molecule has 1 aliphatic carbocycles. The molecule has 4 rings (SSSR count). The molecule has 2 saturated heterocycles. The van der Waals surface area contributed by atoms with Crippen molar-refractivity contribution in [1.29, 1.82) is 0 Å². The van der Waals surface area contributed by atoms with E-state index in [9.17, 15) is 5.11 Å². The summed E-state index contributed by atoms with van der Waals surface area (Å²) < 4.78 is 0. The van der Waals surface area contributed by atoms with E-state index in [0.29, 0.717) is 6.04 Å². The standard InChI is InChI=1S/C16H22N2O/c19-16(8-11-18-10-3-7-14(16)18)13-6-1-4-12-5-2-9-17-15(12)13/h2,5,9,13-14,19H,1,3-4,6-8,10-11H2. The molecule has 2 aliphatic heterocycles. The molecule has 3 unspecified atom stereocenters. The number of aliphatic hydroxyl groups is 1. The highest BCUT2D eigenvalue weighted by atomic mass is 16.3. The minimum absolute atomic E-state index is 0.255. The van der Waals surface area contributed by atoms with Gasteiger partial charge in [0.2, 0.25) is 0 Å². The van der Waals surface area contributed by atoms with E-state index in [4.69, 9.17) is 0 Å². The molecule has 3 atom stereocenters. The molecule has 19 heavy (non-hydrogen) atoms. The molecule has 0 spiro atoms. The summed E-state index contributed by atoms with van der Waals surface area (Å²) >= 11 is 0. The van der Waals surface area contributed by atoms with Crippen molar-refractivity contribution in [1.82, 2.24) is 9.88 Å². The second-order valence-corrected chi connectivity index (χ2v) is 6.43. The summed E-state index contributed by atoms with van der Waals surface area (Å²) in [7, 11) is 0. The predicted octanol–water partition coefficient (Wildman–Crippen LogP) is 2.10. The van der Waals surface area contributed by atoms with Gasteiger partial charge in [0.1, 0.15) is 0 Å². The molecule has 2 fully saturated rings. The van der Waals surface area contributed by atoms with Gasteiger partial charge in [-0.25, -0.2) is 0 Å². The lowest BCUT2D eigenvalue weighted by atomic mass is 9.72. The Kier molecular flexibility index (Phi) is 2.68. The zero-order valence-electron chi connectivity index (χ0n) is 11.4. The van der Waals surface area contributed by atoms with Crippen LogP contribution in [-0.4, -0.2) is 39.7 Å². The third-order valence-electron chi connectivity index (χ3n) is 5.54. The first-order chi connectivity index (χ1) is 9.29. The summed E-state index contributed by atoms with van der Waals surface area (Å²) in [5, 5.41) is 11.4. The van der Waals surface area contributed by atoms with Crippen LogP contribution in [0.5, 0.6) is 0 Å². The third-order valence-corrected chi connectivity index (χ3v) is 5.54. The quantitative estimate of drug-likeness (QED) is 0.838. The Bertz CT molecular complexity index is 489. The molecular weight excluding hydrogens is 236 g/mol. The van der Waals surface area contributed by atoms with Crippen LogP contribution in [0.2, 0.25) is 0 Å². The lowest BCUT2D eigenvalue weighted by Crippen LogP contribution is -2.47. The fraction of sp³-hybridized carbons (Fsp3) is 0.688. The van der Waals surface area contributed by atoms with Gasteiger partial charge in [-0.2, -0.15) is 0 Å². The van der Waals surface area contributed by atoms with Crippen LogP contribution in [0.15, 0.2) is 18.3 Å².